The molecular formula is C11H17N3O2. The van der Waals surface area contributed by atoms with Crippen LogP contribution in [-0.4, -0.2) is 28.2 Å². The van der Waals surface area contributed by atoms with Crippen molar-refractivity contribution in [1.29, 1.82) is 0 Å². The molecule has 0 aliphatic rings. The molecule has 5 nitrogen and oxygen atoms in total. The summed E-state index contributed by atoms with van der Waals surface area (Å²) in [6, 6.07) is 1.75. The minimum absolute atomic E-state index is 0.413. The second-order valence-electron chi connectivity index (χ2n) is 4.34. The van der Waals surface area contributed by atoms with Crippen molar-refractivity contribution in [3.05, 3.63) is 24.3 Å². The van der Waals surface area contributed by atoms with E-state index in [2.05, 4.69) is 15.3 Å². The van der Waals surface area contributed by atoms with Gasteiger partial charge in [0.25, 0.3) is 0 Å². The first kappa shape index (κ1) is 12.4. The highest BCUT2D eigenvalue weighted by atomic mass is 16.6. The molecule has 1 heterocycles. The van der Waals surface area contributed by atoms with Gasteiger partial charge in [0.1, 0.15) is 11.4 Å². The van der Waals surface area contributed by atoms with E-state index in [9.17, 15) is 4.79 Å². The predicted octanol–water partition coefficient (Wildman–Crippen LogP) is 1.54. The zero-order chi connectivity index (χ0) is 12.0. The quantitative estimate of drug-likeness (QED) is 0.844. The molecule has 1 aromatic rings. The van der Waals surface area contributed by atoms with E-state index in [1.165, 1.54) is 0 Å². The summed E-state index contributed by atoms with van der Waals surface area (Å²) in [6.07, 6.45) is 3.54. The molecule has 0 radical (unpaired) electrons. The van der Waals surface area contributed by atoms with Crippen molar-refractivity contribution < 1.29 is 9.53 Å². The fourth-order valence-corrected chi connectivity index (χ4v) is 1.05. The molecule has 0 fully saturated rings. The van der Waals surface area contributed by atoms with Gasteiger partial charge in [0.15, 0.2) is 0 Å². The van der Waals surface area contributed by atoms with E-state index in [1.807, 2.05) is 20.8 Å². The van der Waals surface area contributed by atoms with Crippen LogP contribution in [0.15, 0.2) is 18.5 Å². The molecule has 0 aliphatic carbocycles. The van der Waals surface area contributed by atoms with Gasteiger partial charge in [0.05, 0.1) is 0 Å². The zero-order valence-corrected chi connectivity index (χ0v) is 9.86. The normalized spacial score (nSPS) is 10.9. The number of ether oxygens (including phenoxy) is 1. The lowest BCUT2D eigenvalue weighted by Crippen LogP contribution is -2.33. The van der Waals surface area contributed by atoms with E-state index in [-0.39, 0.29) is 0 Å². The average molecular weight is 223 g/mol. The molecule has 1 aromatic heterocycles. The van der Waals surface area contributed by atoms with Gasteiger partial charge >= 0.3 is 6.09 Å². The predicted molar refractivity (Wildman–Crippen MR) is 60.0 cm³/mol. The van der Waals surface area contributed by atoms with Crippen LogP contribution in [0.25, 0.3) is 0 Å². The Morgan fingerprint density at radius 1 is 1.38 bits per heavy atom. The number of aromatic nitrogens is 2. The van der Waals surface area contributed by atoms with Crippen LogP contribution in [0.2, 0.25) is 0 Å². The molecule has 0 aromatic carbocycles. The SMILES string of the molecule is CC(C)(C)OC(=O)NCCc1ncccn1. The van der Waals surface area contributed by atoms with E-state index < -0.39 is 11.7 Å². The average Bonchev–Trinajstić information content (AvgIpc) is 2.16. The molecule has 0 spiro atoms. The molecule has 0 atom stereocenters. The van der Waals surface area contributed by atoms with E-state index in [4.69, 9.17) is 4.74 Å². The van der Waals surface area contributed by atoms with E-state index >= 15 is 0 Å². The van der Waals surface area contributed by atoms with Crippen LogP contribution in [0.5, 0.6) is 0 Å². The Labute approximate surface area is 95.3 Å². The van der Waals surface area contributed by atoms with Crippen LogP contribution in [0.1, 0.15) is 26.6 Å². The van der Waals surface area contributed by atoms with Gasteiger partial charge in [-0.05, 0) is 26.8 Å². The molecule has 1 rings (SSSR count). The first-order valence-corrected chi connectivity index (χ1v) is 5.20. The Balaban J connectivity index is 2.24. The second kappa shape index (κ2) is 5.44. The lowest BCUT2D eigenvalue weighted by molar-refractivity contribution is 0.0528. The molecule has 0 unspecified atom stereocenters. The molecule has 0 saturated carbocycles. The number of nitrogens with one attached hydrogen (secondary N) is 1. The molecule has 5 heteroatoms. The molecule has 1 amide bonds. The van der Waals surface area contributed by atoms with Gasteiger partial charge in [-0.25, -0.2) is 14.8 Å². The summed E-state index contributed by atoms with van der Waals surface area (Å²) in [5.74, 6) is 0.707. The maximum atomic E-state index is 11.3. The van der Waals surface area contributed by atoms with Crippen LogP contribution >= 0.6 is 0 Å². The lowest BCUT2D eigenvalue weighted by Gasteiger charge is -2.19. The topological polar surface area (TPSA) is 64.1 Å². The Morgan fingerprint density at radius 2 is 2.00 bits per heavy atom. The number of alkyl carbamates (subject to hydrolysis) is 1. The maximum absolute atomic E-state index is 11.3. The minimum atomic E-state index is -0.465. The lowest BCUT2D eigenvalue weighted by atomic mass is 10.2. The van der Waals surface area contributed by atoms with Gasteiger partial charge in [0, 0.05) is 25.4 Å². The summed E-state index contributed by atoms with van der Waals surface area (Å²) in [4.78, 5) is 19.4. The number of carbonyl (C=O) groups is 1. The minimum Gasteiger partial charge on any atom is -0.444 e. The first-order valence-electron chi connectivity index (χ1n) is 5.20. The molecular weight excluding hydrogens is 206 g/mol. The molecule has 0 aliphatic heterocycles. The molecule has 0 bridgehead atoms. The van der Waals surface area contributed by atoms with Crippen LogP contribution in [0.4, 0.5) is 4.79 Å². The number of hydrogen-bond acceptors (Lipinski definition) is 4. The van der Waals surface area contributed by atoms with Crippen molar-refractivity contribution in [1.82, 2.24) is 15.3 Å². The smallest absolute Gasteiger partial charge is 0.407 e. The number of carbonyl (C=O) groups excluding carboxylic acids is 1. The highest BCUT2D eigenvalue weighted by Gasteiger charge is 2.15. The summed E-state index contributed by atoms with van der Waals surface area (Å²) in [7, 11) is 0. The van der Waals surface area contributed by atoms with E-state index in [1.54, 1.807) is 18.5 Å². The first-order chi connectivity index (χ1) is 7.47. The molecule has 0 saturated heterocycles. The van der Waals surface area contributed by atoms with Crippen LogP contribution in [-0.2, 0) is 11.2 Å². The number of rotatable bonds is 3. The van der Waals surface area contributed by atoms with E-state index in [0.29, 0.717) is 18.8 Å². The van der Waals surface area contributed by atoms with Crippen molar-refractivity contribution in [2.24, 2.45) is 0 Å². The summed E-state index contributed by atoms with van der Waals surface area (Å²) in [5.41, 5.74) is -0.465. The third-order valence-corrected chi connectivity index (χ3v) is 1.64. The van der Waals surface area contributed by atoms with Crippen molar-refractivity contribution in [2.45, 2.75) is 32.8 Å². The summed E-state index contributed by atoms with van der Waals surface area (Å²) in [5, 5.41) is 2.65. The van der Waals surface area contributed by atoms with Crippen molar-refractivity contribution in [2.75, 3.05) is 6.54 Å². The van der Waals surface area contributed by atoms with Gasteiger partial charge < -0.3 is 10.1 Å². The number of amides is 1. The standard InChI is InChI=1S/C11H17N3O2/c1-11(2,3)16-10(15)14-8-5-9-12-6-4-7-13-9/h4,6-7H,5,8H2,1-3H3,(H,14,15). The molecule has 1 N–H and O–H groups in total. The monoisotopic (exact) mass is 223 g/mol. The van der Waals surface area contributed by atoms with Crippen LogP contribution in [0, 0.1) is 0 Å². The van der Waals surface area contributed by atoms with Crippen LogP contribution < -0.4 is 5.32 Å². The summed E-state index contributed by atoms with van der Waals surface area (Å²) in [6.45, 7) is 5.95. The Morgan fingerprint density at radius 3 is 2.56 bits per heavy atom. The molecule has 88 valence electrons. The van der Waals surface area contributed by atoms with Crippen molar-refractivity contribution in [3.63, 3.8) is 0 Å². The highest BCUT2D eigenvalue weighted by molar-refractivity contribution is 5.67. The second-order valence-corrected chi connectivity index (χ2v) is 4.34. The maximum Gasteiger partial charge on any atom is 0.407 e. The Hall–Kier alpha value is -1.65. The summed E-state index contributed by atoms with van der Waals surface area (Å²) < 4.78 is 5.08. The van der Waals surface area contributed by atoms with Gasteiger partial charge in [-0.2, -0.15) is 0 Å². The molecule has 16 heavy (non-hydrogen) atoms. The van der Waals surface area contributed by atoms with Crippen LogP contribution in [0.3, 0.4) is 0 Å². The summed E-state index contributed by atoms with van der Waals surface area (Å²) >= 11 is 0. The Bertz CT molecular complexity index is 333. The number of hydrogen-bond donors (Lipinski definition) is 1. The van der Waals surface area contributed by atoms with Gasteiger partial charge in [0.2, 0.25) is 0 Å². The van der Waals surface area contributed by atoms with Crippen molar-refractivity contribution in [3.8, 4) is 0 Å². The third-order valence-electron chi connectivity index (χ3n) is 1.64. The highest BCUT2D eigenvalue weighted by Crippen LogP contribution is 2.06. The number of nitrogens with zero attached hydrogens (tertiary/aromatic N) is 2. The third kappa shape index (κ3) is 5.29. The fraction of sp³-hybridized carbons (Fsp3) is 0.545. The van der Waals surface area contributed by atoms with E-state index in [0.717, 1.165) is 0 Å². The van der Waals surface area contributed by atoms with Crippen molar-refractivity contribution >= 4 is 6.09 Å². The van der Waals surface area contributed by atoms with Gasteiger partial charge in [-0.15, -0.1) is 0 Å². The largest absolute Gasteiger partial charge is 0.444 e. The zero-order valence-electron chi connectivity index (χ0n) is 9.86. The van der Waals surface area contributed by atoms with Gasteiger partial charge in [-0.3, -0.25) is 0 Å². The Kier molecular flexibility index (Phi) is 4.22. The fourth-order valence-electron chi connectivity index (χ4n) is 1.05. The van der Waals surface area contributed by atoms with Gasteiger partial charge in [-0.1, -0.05) is 0 Å².